The lowest BCUT2D eigenvalue weighted by molar-refractivity contribution is -0.149. The van der Waals surface area contributed by atoms with E-state index in [-0.39, 0.29) is 5.97 Å². The summed E-state index contributed by atoms with van der Waals surface area (Å²) in [6, 6.07) is 5.76. The number of carbonyl (C=O) groups is 1. The Bertz CT molecular complexity index is 416. The van der Waals surface area contributed by atoms with E-state index in [9.17, 15) is 4.79 Å². The molecular weight excluding hydrogens is 296 g/mol. The van der Waals surface area contributed by atoms with E-state index in [0.29, 0.717) is 18.1 Å². The Kier molecular flexibility index (Phi) is 5.66. The molecule has 0 aliphatic heterocycles. The monoisotopic (exact) mass is 314 g/mol. The van der Waals surface area contributed by atoms with E-state index in [1.54, 1.807) is 0 Å². The van der Waals surface area contributed by atoms with Gasteiger partial charge in [-0.05, 0) is 52.9 Å². The topological polar surface area (TPSA) is 35.5 Å². The number of hydrogen-bond donors (Lipinski definition) is 0. The highest BCUT2D eigenvalue weighted by molar-refractivity contribution is 9.10. The molecule has 0 spiro atoms. The number of carbonyl (C=O) groups excluding carboxylic acids is 1. The predicted molar refractivity (Wildman–Crippen MR) is 74.8 cm³/mol. The fourth-order valence-corrected chi connectivity index (χ4v) is 2.19. The van der Waals surface area contributed by atoms with Gasteiger partial charge in [0.15, 0.2) is 6.10 Å². The summed E-state index contributed by atoms with van der Waals surface area (Å²) in [5.74, 6) is 0.686. The molecule has 0 saturated heterocycles. The zero-order valence-electron chi connectivity index (χ0n) is 11.2. The predicted octanol–water partition coefficient (Wildman–Crippen LogP) is 3.72. The van der Waals surface area contributed by atoms with Gasteiger partial charge in [0.1, 0.15) is 5.75 Å². The maximum absolute atomic E-state index is 11.7. The summed E-state index contributed by atoms with van der Waals surface area (Å²) in [6.07, 6.45) is 0.0708. The first-order valence-corrected chi connectivity index (χ1v) is 6.74. The van der Waals surface area contributed by atoms with Crippen LogP contribution in [0.5, 0.6) is 5.75 Å². The van der Waals surface area contributed by atoms with Crippen molar-refractivity contribution in [1.29, 1.82) is 0 Å². The van der Waals surface area contributed by atoms with E-state index in [0.717, 1.165) is 10.0 Å². The molecule has 0 aliphatic rings. The highest BCUT2D eigenvalue weighted by Crippen LogP contribution is 2.28. The third-order valence-corrected chi connectivity index (χ3v) is 3.13. The minimum atomic E-state index is -0.561. The highest BCUT2D eigenvalue weighted by atomic mass is 79.9. The Balaban J connectivity index is 2.85. The Hall–Kier alpha value is -1.03. The Labute approximate surface area is 117 Å². The van der Waals surface area contributed by atoms with Crippen LogP contribution < -0.4 is 4.74 Å². The lowest BCUT2D eigenvalue weighted by Crippen LogP contribution is -2.30. The normalized spacial score (nSPS) is 12.3. The third kappa shape index (κ3) is 4.33. The minimum Gasteiger partial charge on any atom is -0.478 e. The van der Waals surface area contributed by atoms with Crippen LogP contribution in [0.4, 0.5) is 0 Å². The van der Waals surface area contributed by atoms with Gasteiger partial charge >= 0.3 is 5.97 Å². The van der Waals surface area contributed by atoms with Crippen LogP contribution in [-0.4, -0.2) is 19.2 Å². The number of rotatable bonds is 5. The molecule has 0 saturated carbocycles. The first-order valence-electron chi connectivity index (χ1n) is 5.94. The number of hydrogen-bond acceptors (Lipinski definition) is 3. The summed E-state index contributed by atoms with van der Waals surface area (Å²) >= 11 is 3.44. The fraction of sp³-hybridized carbons (Fsp3) is 0.500. The van der Waals surface area contributed by atoms with Crippen molar-refractivity contribution in [1.82, 2.24) is 0 Å². The van der Waals surface area contributed by atoms with Crippen molar-refractivity contribution in [2.45, 2.75) is 33.3 Å². The van der Waals surface area contributed by atoms with E-state index in [1.165, 1.54) is 7.11 Å². The molecule has 0 aliphatic carbocycles. The van der Waals surface area contributed by atoms with Crippen LogP contribution in [-0.2, 0) is 9.53 Å². The van der Waals surface area contributed by atoms with Crippen molar-refractivity contribution < 1.29 is 14.3 Å². The fourth-order valence-electron chi connectivity index (χ4n) is 1.61. The lowest BCUT2D eigenvalue weighted by Gasteiger charge is -2.19. The Morgan fingerprint density at radius 3 is 2.56 bits per heavy atom. The molecule has 1 aromatic carbocycles. The lowest BCUT2D eigenvalue weighted by atomic mass is 10.1. The van der Waals surface area contributed by atoms with E-state index in [1.807, 2.05) is 39.0 Å². The average molecular weight is 315 g/mol. The van der Waals surface area contributed by atoms with Gasteiger partial charge in [0, 0.05) is 0 Å². The summed E-state index contributed by atoms with van der Waals surface area (Å²) < 4.78 is 11.4. The Morgan fingerprint density at radius 2 is 2.06 bits per heavy atom. The van der Waals surface area contributed by atoms with Gasteiger partial charge in [0.25, 0.3) is 0 Å². The Morgan fingerprint density at radius 1 is 1.39 bits per heavy atom. The molecule has 4 heteroatoms. The smallest absolute Gasteiger partial charge is 0.347 e. The van der Waals surface area contributed by atoms with Crippen molar-refractivity contribution in [3.05, 3.63) is 28.2 Å². The second kappa shape index (κ2) is 6.78. The van der Waals surface area contributed by atoms with Crippen molar-refractivity contribution in [3.63, 3.8) is 0 Å². The molecule has 0 bridgehead atoms. The van der Waals surface area contributed by atoms with Crippen LogP contribution in [0, 0.1) is 12.8 Å². The zero-order valence-corrected chi connectivity index (χ0v) is 12.8. The molecule has 1 rings (SSSR count). The number of benzene rings is 1. The SMILES string of the molecule is COC(=O)[C@H](CC(C)C)Oc1ccc(C)cc1Br. The summed E-state index contributed by atoms with van der Waals surface area (Å²) in [4.78, 5) is 11.7. The highest BCUT2D eigenvalue weighted by Gasteiger charge is 2.23. The molecule has 0 amide bonds. The molecule has 0 radical (unpaired) electrons. The van der Waals surface area contributed by atoms with Gasteiger partial charge in [0.2, 0.25) is 0 Å². The van der Waals surface area contributed by atoms with Crippen molar-refractivity contribution >= 4 is 21.9 Å². The third-order valence-electron chi connectivity index (χ3n) is 2.51. The molecule has 0 fully saturated rings. The van der Waals surface area contributed by atoms with Gasteiger partial charge in [-0.2, -0.15) is 0 Å². The van der Waals surface area contributed by atoms with E-state index < -0.39 is 6.10 Å². The number of aryl methyl sites for hydroxylation is 1. The molecular formula is C14H19BrO3. The molecule has 3 nitrogen and oxygen atoms in total. The van der Waals surface area contributed by atoms with Crippen LogP contribution >= 0.6 is 15.9 Å². The standard InChI is InChI=1S/C14H19BrO3/c1-9(2)7-13(14(16)17-4)18-12-6-5-10(3)8-11(12)15/h5-6,8-9,13H,7H2,1-4H3/t13-/m0/s1. The number of ether oxygens (including phenoxy) is 2. The van der Waals surface area contributed by atoms with Crippen LogP contribution in [0.3, 0.4) is 0 Å². The first kappa shape index (κ1) is 15.0. The number of halogens is 1. The van der Waals surface area contributed by atoms with Gasteiger partial charge in [-0.15, -0.1) is 0 Å². The number of methoxy groups -OCH3 is 1. The molecule has 1 atom stereocenters. The molecule has 100 valence electrons. The molecule has 0 heterocycles. The second-order valence-electron chi connectivity index (χ2n) is 4.69. The van der Waals surface area contributed by atoms with Gasteiger partial charge in [-0.25, -0.2) is 4.79 Å². The molecule has 0 aromatic heterocycles. The summed E-state index contributed by atoms with van der Waals surface area (Å²) in [6.45, 7) is 6.09. The number of esters is 1. The molecule has 18 heavy (non-hydrogen) atoms. The van der Waals surface area contributed by atoms with Crippen molar-refractivity contribution in [3.8, 4) is 5.75 Å². The van der Waals surface area contributed by atoms with Gasteiger partial charge in [0.05, 0.1) is 11.6 Å². The largest absolute Gasteiger partial charge is 0.478 e. The quantitative estimate of drug-likeness (QED) is 0.777. The minimum absolute atomic E-state index is 0.337. The van der Waals surface area contributed by atoms with Gasteiger partial charge in [-0.3, -0.25) is 0 Å². The summed E-state index contributed by atoms with van der Waals surface area (Å²) in [5, 5.41) is 0. The average Bonchev–Trinajstić information content (AvgIpc) is 2.30. The van der Waals surface area contributed by atoms with E-state index >= 15 is 0 Å². The molecule has 1 aromatic rings. The maximum Gasteiger partial charge on any atom is 0.347 e. The van der Waals surface area contributed by atoms with Crippen LogP contribution in [0.2, 0.25) is 0 Å². The molecule has 0 N–H and O–H groups in total. The van der Waals surface area contributed by atoms with Crippen molar-refractivity contribution in [2.24, 2.45) is 5.92 Å². The van der Waals surface area contributed by atoms with Gasteiger partial charge < -0.3 is 9.47 Å². The van der Waals surface area contributed by atoms with Gasteiger partial charge in [-0.1, -0.05) is 19.9 Å². The van der Waals surface area contributed by atoms with Crippen LogP contribution in [0.1, 0.15) is 25.8 Å². The van der Waals surface area contributed by atoms with E-state index in [4.69, 9.17) is 9.47 Å². The van der Waals surface area contributed by atoms with E-state index in [2.05, 4.69) is 15.9 Å². The summed E-state index contributed by atoms with van der Waals surface area (Å²) in [7, 11) is 1.38. The first-order chi connectivity index (χ1) is 8.43. The molecule has 0 unspecified atom stereocenters. The van der Waals surface area contributed by atoms with Crippen LogP contribution in [0.25, 0.3) is 0 Å². The second-order valence-corrected chi connectivity index (χ2v) is 5.55. The summed E-state index contributed by atoms with van der Waals surface area (Å²) in [5.41, 5.74) is 1.13. The van der Waals surface area contributed by atoms with Crippen LogP contribution in [0.15, 0.2) is 22.7 Å². The van der Waals surface area contributed by atoms with Crippen molar-refractivity contribution in [2.75, 3.05) is 7.11 Å². The maximum atomic E-state index is 11.7. The zero-order chi connectivity index (χ0) is 13.7.